The van der Waals surface area contributed by atoms with E-state index in [1.807, 2.05) is 6.92 Å². The first-order valence-corrected chi connectivity index (χ1v) is 7.14. The van der Waals surface area contributed by atoms with E-state index in [1.54, 1.807) is 0 Å². The van der Waals surface area contributed by atoms with E-state index in [0.29, 0.717) is 32.5 Å². The van der Waals surface area contributed by atoms with Crippen LogP contribution >= 0.6 is 0 Å². The van der Waals surface area contributed by atoms with Crippen LogP contribution in [0.4, 0.5) is 4.79 Å². The maximum absolute atomic E-state index is 12.6. The number of carboxylic acid groups (broad SMARTS) is 1. The van der Waals surface area contributed by atoms with Crippen molar-refractivity contribution in [3.63, 3.8) is 0 Å². The molecule has 0 aromatic heterocycles. The standard InChI is InChI=1S/C13H21N3O4/c1-2-9-11(17)14-6-8-16(9)13(20)15-7-4-3-5-10(15)12(18)19/h9-10H,2-8H2,1H3,(H,14,17)(H,18,19). The third kappa shape index (κ3) is 2.71. The number of urea groups is 1. The first-order chi connectivity index (χ1) is 9.56. The van der Waals surface area contributed by atoms with Crippen molar-refractivity contribution >= 4 is 17.9 Å². The third-order valence-corrected chi connectivity index (χ3v) is 4.00. The fourth-order valence-electron chi connectivity index (χ4n) is 2.93. The molecule has 2 fully saturated rings. The molecular weight excluding hydrogens is 262 g/mol. The molecule has 20 heavy (non-hydrogen) atoms. The van der Waals surface area contributed by atoms with Gasteiger partial charge in [-0.15, -0.1) is 0 Å². The number of hydrogen-bond donors (Lipinski definition) is 2. The van der Waals surface area contributed by atoms with Gasteiger partial charge in [0.1, 0.15) is 12.1 Å². The highest BCUT2D eigenvalue weighted by Crippen LogP contribution is 2.21. The number of nitrogens with one attached hydrogen (secondary N) is 1. The smallest absolute Gasteiger partial charge is 0.326 e. The summed E-state index contributed by atoms with van der Waals surface area (Å²) < 4.78 is 0. The Morgan fingerprint density at radius 2 is 2.05 bits per heavy atom. The number of nitrogens with zero attached hydrogens (tertiary/aromatic N) is 2. The number of aliphatic carboxylic acids is 1. The Balaban J connectivity index is 2.15. The van der Waals surface area contributed by atoms with Crippen molar-refractivity contribution in [1.82, 2.24) is 15.1 Å². The van der Waals surface area contributed by atoms with E-state index >= 15 is 0 Å². The van der Waals surface area contributed by atoms with Crippen molar-refractivity contribution in [3.8, 4) is 0 Å². The van der Waals surface area contributed by atoms with Crippen LogP contribution in [0.25, 0.3) is 0 Å². The number of likely N-dealkylation sites (tertiary alicyclic amines) is 1. The Labute approximate surface area is 117 Å². The summed E-state index contributed by atoms with van der Waals surface area (Å²) in [5.41, 5.74) is 0. The molecule has 2 aliphatic heterocycles. The highest BCUT2D eigenvalue weighted by molar-refractivity contribution is 5.90. The fraction of sp³-hybridized carbons (Fsp3) is 0.769. The van der Waals surface area contributed by atoms with E-state index in [1.165, 1.54) is 9.80 Å². The third-order valence-electron chi connectivity index (χ3n) is 4.00. The van der Waals surface area contributed by atoms with Gasteiger partial charge in [-0.05, 0) is 25.7 Å². The molecule has 2 atom stereocenters. The molecule has 0 aromatic carbocycles. The number of hydrogen-bond acceptors (Lipinski definition) is 3. The zero-order valence-electron chi connectivity index (χ0n) is 11.7. The van der Waals surface area contributed by atoms with Crippen molar-refractivity contribution in [3.05, 3.63) is 0 Å². The van der Waals surface area contributed by atoms with Crippen LogP contribution in [0.2, 0.25) is 0 Å². The summed E-state index contributed by atoms with van der Waals surface area (Å²) in [5.74, 6) is -1.12. The summed E-state index contributed by atoms with van der Waals surface area (Å²) >= 11 is 0. The molecule has 0 aliphatic carbocycles. The largest absolute Gasteiger partial charge is 0.480 e. The van der Waals surface area contributed by atoms with Gasteiger partial charge < -0.3 is 20.2 Å². The number of rotatable bonds is 2. The molecule has 2 unspecified atom stereocenters. The monoisotopic (exact) mass is 283 g/mol. The Morgan fingerprint density at radius 1 is 1.30 bits per heavy atom. The Morgan fingerprint density at radius 3 is 2.70 bits per heavy atom. The quantitative estimate of drug-likeness (QED) is 0.760. The Hall–Kier alpha value is -1.79. The second-order valence-electron chi connectivity index (χ2n) is 5.23. The summed E-state index contributed by atoms with van der Waals surface area (Å²) in [6.07, 6.45) is 2.64. The van der Waals surface area contributed by atoms with Gasteiger partial charge in [0.15, 0.2) is 0 Å². The van der Waals surface area contributed by atoms with Gasteiger partial charge in [-0.1, -0.05) is 6.92 Å². The first kappa shape index (κ1) is 14.6. The van der Waals surface area contributed by atoms with Gasteiger partial charge in [0, 0.05) is 19.6 Å². The summed E-state index contributed by atoms with van der Waals surface area (Å²) in [7, 11) is 0. The predicted molar refractivity (Wildman–Crippen MR) is 71.2 cm³/mol. The average Bonchev–Trinajstić information content (AvgIpc) is 2.46. The molecule has 0 saturated carbocycles. The molecule has 3 amide bonds. The minimum Gasteiger partial charge on any atom is -0.480 e. The van der Waals surface area contributed by atoms with Crippen LogP contribution < -0.4 is 5.32 Å². The minimum atomic E-state index is -0.965. The molecule has 112 valence electrons. The van der Waals surface area contributed by atoms with E-state index in [2.05, 4.69) is 5.32 Å². The summed E-state index contributed by atoms with van der Waals surface area (Å²) in [5, 5.41) is 12.0. The Bertz CT molecular complexity index is 402. The summed E-state index contributed by atoms with van der Waals surface area (Å²) in [6.45, 7) is 3.16. The minimum absolute atomic E-state index is 0.156. The molecule has 2 rings (SSSR count). The van der Waals surface area contributed by atoms with Gasteiger partial charge in [0.25, 0.3) is 0 Å². The van der Waals surface area contributed by atoms with Gasteiger partial charge in [0.2, 0.25) is 5.91 Å². The SMILES string of the molecule is CCC1C(=O)NCCN1C(=O)N1CCCCC1C(=O)O. The molecular formula is C13H21N3O4. The fourth-order valence-corrected chi connectivity index (χ4v) is 2.93. The second-order valence-corrected chi connectivity index (χ2v) is 5.23. The molecule has 2 heterocycles. The number of piperazine rings is 1. The van der Waals surface area contributed by atoms with Crippen LogP contribution in [0.1, 0.15) is 32.6 Å². The van der Waals surface area contributed by atoms with Gasteiger partial charge in [-0.3, -0.25) is 4.79 Å². The maximum Gasteiger partial charge on any atom is 0.326 e. The number of carboxylic acids is 1. The van der Waals surface area contributed by atoms with E-state index < -0.39 is 18.1 Å². The van der Waals surface area contributed by atoms with Crippen LogP contribution in [0.5, 0.6) is 0 Å². The molecule has 7 heteroatoms. The van der Waals surface area contributed by atoms with Crippen LogP contribution in [0, 0.1) is 0 Å². The average molecular weight is 283 g/mol. The molecule has 2 N–H and O–H groups in total. The first-order valence-electron chi connectivity index (χ1n) is 7.14. The van der Waals surface area contributed by atoms with E-state index in [4.69, 9.17) is 0 Å². The van der Waals surface area contributed by atoms with Crippen molar-refractivity contribution in [2.24, 2.45) is 0 Å². The predicted octanol–water partition coefficient (Wildman–Crippen LogP) is 0.256. The lowest BCUT2D eigenvalue weighted by Crippen LogP contribution is -2.62. The molecule has 7 nitrogen and oxygen atoms in total. The molecule has 0 bridgehead atoms. The summed E-state index contributed by atoms with van der Waals surface area (Å²) in [6, 6.07) is -1.58. The van der Waals surface area contributed by atoms with E-state index in [0.717, 1.165) is 12.8 Å². The van der Waals surface area contributed by atoms with Crippen molar-refractivity contribution in [2.75, 3.05) is 19.6 Å². The van der Waals surface area contributed by atoms with Crippen LogP contribution in [0.3, 0.4) is 0 Å². The van der Waals surface area contributed by atoms with Crippen LogP contribution in [0.15, 0.2) is 0 Å². The lowest BCUT2D eigenvalue weighted by Gasteiger charge is -2.41. The van der Waals surface area contributed by atoms with Crippen molar-refractivity contribution in [2.45, 2.75) is 44.7 Å². The van der Waals surface area contributed by atoms with Gasteiger partial charge in [-0.25, -0.2) is 9.59 Å². The zero-order valence-corrected chi connectivity index (χ0v) is 11.7. The van der Waals surface area contributed by atoms with E-state index in [9.17, 15) is 19.5 Å². The second kappa shape index (κ2) is 6.11. The molecule has 2 aliphatic rings. The molecule has 0 spiro atoms. The summed E-state index contributed by atoms with van der Waals surface area (Å²) in [4.78, 5) is 38.6. The van der Waals surface area contributed by atoms with Crippen LogP contribution in [-0.4, -0.2) is 64.5 Å². The Kier molecular flexibility index (Phi) is 4.46. The number of piperidine rings is 1. The highest BCUT2D eigenvalue weighted by atomic mass is 16.4. The lowest BCUT2D eigenvalue weighted by atomic mass is 10.0. The lowest BCUT2D eigenvalue weighted by molar-refractivity contribution is -0.143. The van der Waals surface area contributed by atoms with Gasteiger partial charge >= 0.3 is 12.0 Å². The van der Waals surface area contributed by atoms with Gasteiger partial charge in [-0.2, -0.15) is 0 Å². The van der Waals surface area contributed by atoms with Gasteiger partial charge in [0.05, 0.1) is 0 Å². The molecule has 0 radical (unpaired) electrons. The normalized spacial score (nSPS) is 27.1. The highest BCUT2D eigenvalue weighted by Gasteiger charge is 2.39. The van der Waals surface area contributed by atoms with Crippen molar-refractivity contribution < 1.29 is 19.5 Å². The number of amides is 3. The van der Waals surface area contributed by atoms with Crippen LogP contribution in [-0.2, 0) is 9.59 Å². The topological polar surface area (TPSA) is 90.0 Å². The number of carbonyl (C=O) groups is 3. The maximum atomic E-state index is 12.6. The molecule has 2 saturated heterocycles. The zero-order chi connectivity index (χ0) is 14.7. The number of carbonyl (C=O) groups excluding carboxylic acids is 2. The molecule has 0 aromatic rings. The van der Waals surface area contributed by atoms with E-state index in [-0.39, 0.29) is 11.9 Å². The van der Waals surface area contributed by atoms with Crippen molar-refractivity contribution in [1.29, 1.82) is 0 Å².